The van der Waals surface area contributed by atoms with Gasteiger partial charge in [0, 0.05) is 19.0 Å². The molecule has 0 aromatic heterocycles. The minimum absolute atomic E-state index is 0.0322. The van der Waals surface area contributed by atoms with Crippen molar-refractivity contribution in [3.05, 3.63) is 23.8 Å². The second-order valence-electron chi connectivity index (χ2n) is 5.21. The fourth-order valence-corrected chi connectivity index (χ4v) is 2.28. The number of amides is 1. The van der Waals surface area contributed by atoms with Gasteiger partial charge in [0.2, 0.25) is 5.91 Å². The molecule has 2 rings (SSSR count). The molecule has 0 spiro atoms. The van der Waals surface area contributed by atoms with Gasteiger partial charge in [-0.15, -0.1) is 0 Å². The number of carboxylic acid groups (broad SMARTS) is 1. The first-order chi connectivity index (χ1) is 10.0. The lowest BCUT2D eigenvalue weighted by atomic mass is 10.1. The molecular weight excluding hydrogens is 272 g/mol. The van der Waals surface area contributed by atoms with Crippen molar-refractivity contribution in [2.45, 2.75) is 26.3 Å². The fraction of sp³-hybridized carbons (Fsp3) is 0.467. The smallest absolute Gasteiger partial charge is 0.339 e. The predicted octanol–water partition coefficient (Wildman–Crippen LogP) is 1.50. The highest BCUT2D eigenvalue weighted by atomic mass is 16.5. The number of carboxylic acids is 1. The molecule has 1 aliphatic rings. The van der Waals surface area contributed by atoms with Crippen molar-refractivity contribution < 1.29 is 19.4 Å². The van der Waals surface area contributed by atoms with Crippen molar-refractivity contribution in [1.29, 1.82) is 0 Å². The Bertz CT molecular complexity index is 542. The molecule has 1 heterocycles. The molecule has 6 nitrogen and oxygen atoms in total. The monoisotopic (exact) mass is 292 g/mol. The summed E-state index contributed by atoms with van der Waals surface area (Å²) in [5, 5.41) is 12.4. The summed E-state index contributed by atoms with van der Waals surface area (Å²) in [6, 6.07) is 5.15. The molecule has 0 saturated carbocycles. The van der Waals surface area contributed by atoms with Crippen LogP contribution in [0.4, 0.5) is 5.69 Å². The topological polar surface area (TPSA) is 78.9 Å². The summed E-state index contributed by atoms with van der Waals surface area (Å²) < 4.78 is 5.45. The normalized spacial score (nSPS) is 13.8. The summed E-state index contributed by atoms with van der Waals surface area (Å²) in [4.78, 5) is 25.1. The zero-order valence-electron chi connectivity index (χ0n) is 12.3. The molecule has 1 aromatic rings. The van der Waals surface area contributed by atoms with E-state index in [1.807, 2.05) is 13.8 Å². The molecule has 0 bridgehead atoms. The van der Waals surface area contributed by atoms with Crippen LogP contribution in [0.2, 0.25) is 0 Å². The van der Waals surface area contributed by atoms with Crippen molar-refractivity contribution in [1.82, 2.24) is 5.32 Å². The lowest BCUT2D eigenvalue weighted by Gasteiger charge is -2.30. The number of fused-ring (bicyclic) bond motifs is 1. The highest BCUT2D eigenvalue weighted by molar-refractivity contribution is 6.00. The van der Waals surface area contributed by atoms with Crippen LogP contribution < -0.4 is 15.0 Å². The van der Waals surface area contributed by atoms with Gasteiger partial charge in [-0.3, -0.25) is 4.79 Å². The molecule has 1 amide bonds. The SMILES string of the molecule is CC(C)NCCC(=O)N1CCOc2c(C(=O)O)cccc21. The molecule has 0 saturated heterocycles. The van der Waals surface area contributed by atoms with Crippen LogP contribution in [0, 0.1) is 0 Å². The zero-order chi connectivity index (χ0) is 15.4. The van der Waals surface area contributed by atoms with Crippen molar-refractivity contribution in [3.8, 4) is 5.75 Å². The average molecular weight is 292 g/mol. The Morgan fingerprint density at radius 1 is 1.43 bits per heavy atom. The molecule has 1 aliphatic heterocycles. The number of nitrogens with zero attached hydrogens (tertiary/aromatic N) is 1. The largest absolute Gasteiger partial charge is 0.489 e. The van der Waals surface area contributed by atoms with Gasteiger partial charge in [-0.2, -0.15) is 0 Å². The maximum absolute atomic E-state index is 12.3. The van der Waals surface area contributed by atoms with E-state index in [4.69, 9.17) is 4.74 Å². The van der Waals surface area contributed by atoms with Gasteiger partial charge in [0.1, 0.15) is 12.2 Å². The van der Waals surface area contributed by atoms with Gasteiger partial charge in [0.05, 0.1) is 12.2 Å². The highest BCUT2D eigenvalue weighted by Gasteiger charge is 2.27. The maximum Gasteiger partial charge on any atom is 0.339 e. The van der Waals surface area contributed by atoms with Crippen molar-refractivity contribution in [2.75, 3.05) is 24.6 Å². The Morgan fingerprint density at radius 3 is 2.86 bits per heavy atom. The Kier molecular flexibility index (Phi) is 4.80. The number of nitrogens with one attached hydrogen (secondary N) is 1. The van der Waals surface area contributed by atoms with E-state index in [0.717, 1.165) is 0 Å². The minimum atomic E-state index is -1.05. The van der Waals surface area contributed by atoms with Gasteiger partial charge in [0.15, 0.2) is 5.75 Å². The van der Waals surface area contributed by atoms with E-state index < -0.39 is 5.97 Å². The Labute approximate surface area is 123 Å². The van der Waals surface area contributed by atoms with E-state index in [1.54, 1.807) is 17.0 Å². The van der Waals surface area contributed by atoms with Gasteiger partial charge in [-0.25, -0.2) is 4.79 Å². The second kappa shape index (κ2) is 6.58. The van der Waals surface area contributed by atoms with Gasteiger partial charge < -0.3 is 20.1 Å². The number of hydrogen-bond acceptors (Lipinski definition) is 4. The second-order valence-corrected chi connectivity index (χ2v) is 5.21. The zero-order valence-corrected chi connectivity index (χ0v) is 12.3. The molecule has 2 N–H and O–H groups in total. The number of anilines is 1. The minimum Gasteiger partial charge on any atom is -0.489 e. The van der Waals surface area contributed by atoms with E-state index in [1.165, 1.54) is 6.07 Å². The van der Waals surface area contributed by atoms with Crippen molar-refractivity contribution in [2.24, 2.45) is 0 Å². The molecular formula is C15H20N2O4. The van der Waals surface area contributed by atoms with Gasteiger partial charge >= 0.3 is 5.97 Å². The number of para-hydroxylation sites is 1. The number of benzene rings is 1. The van der Waals surface area contributed by atoms with E-state index in [2.05, 4.69) is 5.32 Å². The fourth-order valence-electron chi connectivity index (χ4n) is 2.28. The number of aromatic carboxylic acids is 1. The molecule has 0 fully saturated rings. The number of carbonyl (C=O) groups is 2. The number of hydrogen-bond donors (Lipinski definition) is 2. The molecule has 21 heavy (non-hydrogen) atoms. The molecule has 1 aromatic carbocycles. The quantitative estimate of drug-likeness (QED) is 0.860. The van der Waals surface area contributed by atoms with E-state index in [0.29, 0.717) is 37.8 Å². The van der Waals surface area contributed by atoms with Crippen molar-refractivity contribution >= 4 is 17.6 Å². The molecule has 0 radical (unpaired) electrons. The number of ether oxygens (including phenoxy) is 1. The van der Waals surface area contributed by atoms with Crippen LogP contribution in [0.1, 0.15) is 30.6 Å². The Balaban J connectivity index is 2.16. The van der Waals surface area contributed by atoms with Crippen LogP contribution in [-0.2, 0) is 4.79 Å². The molecule has 6 heteroatoms. The standard InChI is InChI=1S/C15H20N2O4/c1-10(2)16-7-6-13(18)17-8-9-21-14-11(15(19)20)4-3-5-12(14)17/h3-5,10,16H,6-9H2,1-2H3,(H,19,20). The predicted molar refractivity (Wildman–Crippen MR) is 79.0 cm³/mol. The molecule has 0 aliphatic carbocycles. The van der Waals surface area contributed by atoms with Gasteiger partial charge in [0.25, 0.3) is 0 Å². The third-order valence-electron chi connectivity index (χ3n) is 3.27. The summed E-state index contributed by atoms with van der Waals surface area (Å²) in [6.45, 7) is 5.39. The average Bonchev–Trinajstić information content (AvgIpc) is 2.45. The summed E-state index contributed by atoms with van der Waals surface area (Å²) in [5.41, 5.74) is 0.626. The molecule has 0 unspecified atom stereocenters. The summed E-state index contributed by atoms with van der Waals surface area (Å²) in [5.74, 6) is -0.806. The first-order valence-corrected chi connectivity index (χ1v) is 7.03. The highest BCUT2D eigenvalue weighted by Crippen LogP contribution is 2.35. The number of carbonyl (C=O) groups excluding carboxylic acids is 1. The first-order valence-electron chi connectivity index (χ1n) is 7.03. The molecule has 114 valence electrons. The summed E-state index contributed by atoms with van der Waals surface area (Å²) in [6.07, 6.45) is 0.370. The van der Waals surface area contributed by atoms with Crippen LogP contribution in [0.25, 0.3) is 0 Å². The van der Waals surface area contributed by atoms with Crippen LogP contribution in [0.15, 0.2) is 18.2 Å². The summed E-state index contributed by atoms with van der Waals surface area (Å²) in [7, 11) is 0. The van der Waals surface area contributed by atoms with Crippen LogP contribution in [0.5, 0.6) is 5.75 Å². The lowest BCUT2D eigenvalue weighted by Crippen LogP contribution is -2.40. The van der Waals surface area contributed by atoms with Crippen LogP contribution in [0.3, 0.4) is 0 Å². The Hall–Kier alpha value is -2.08. The summed E-state index contributed by atoms with van der Waals surface area (Å²) >= 11 is 0. The first kappa shape index (κ1) is 15.3. The van der Waals surface area contributed by atoms with E-state index >= 15 is 0 Å². The molecule has 0 atom stereocenters. The third kappa shape index (κ3) is 3.52. The van der Waals surface area contributed by atoms with Gasteiger partial charge in [-0.05, 0) is 12.1 Å². The third-order valence-corrected chi connectivity index (χ3v) is 3.27. The van der Waals surface area contributed by atoms with Crippen LogP contribution >= 0.6 is 0 Å². The maximum atomic E-state index is 12.3. The van der Waals surface area contributed by atoms with Crippen molar-refractivity contribution in [3.63, 3.8) is 0 Å². The van der Waals surface area contributed by atoms with Crippen LogP contribution in [-0.4, -0.2) is 42.7 Å². The Morgan fingerprint density at radius 2 is 2.19 bits per heavy atom. The van der Waals surface area contributed by atoms with E-state index in [-0.39, 0.29) is 17.2 Å². The van der Waals surface area contributed by atoms with Gasteiger partial charge in [-0.1, -0.05) is 19.9 Å². The number of rotatable bonds is 5. The van der Waals surface area contributed by atoms with E-state index in [9.17, 15) is 14.7 Å². The lowest BCUT2D eigenvalue weighted by molar-refractivity contribution is -0.118.